The summed E-state index contributed by atoms with van der Waals surface area (Å²) in [6.07, 6.45) is 3.93. The molecule has 0 bridgehead atoms. The molecule has 1 heterocycles. The fraction of sp³-hybridized carbons (Fsp3) is 0.588. The summed E-state index contributed by atoms with van der Waals surface area (Å²) in [4.78, 5) is 4.43. The number of para-hydroxylation sites is 1. The van der Waals surface area contributed by atoms with Crippen molar-refractivity contribution in [1.29, 1.82) is 0 Å². The maximum Gasteiger partial charge on any atom is 0.211 e. The molecule has 0 aliphatic carbocycles. The number of anilines is 1. The van der Waals surface area contributed by atoms with E-state index in [4.69, 9.17) is 5.73 Å². The summed E-state index contributed by atoms with van der Waals surface area (Å²) in [6, 6.07) is 6.25. The SMILES string of the molecule is CCc1cccc(CC)c1NC(N)=NCC1CCN(S(C)(=O)=O)C1.I. The molecule has 2 rings (SSSR count). The standard InChI is InChI=1S/C17H28N4O2S.HI/c1-4-14-7-6-8-15(5-2)16(14)20-17(18)19-11-13-9-10-21(12-13)24(3,22)23;/h6-8,13H,4-5,9-12H2,1-3H3,(H3,18,19,20);1H. The van der Waals surface area contributed by atoms with Gasteiger partial charge in [0.1, 0.15) is 0 Å². The molecule has 0 aromatic heterocycles. The predicted octanol–water partition coefficient (Wildman–Crippen LogP) is 2.44. The summed E-state index contributed by atoms with van der Waals surface area (Å²) in [5, 5.41) is 3.24. The summed E-state index contributed by atoms with van der Waals surface area (Å²) in [5.41, 5.74) is 9.55. The Morgan fingerprint density at radius 2 is 1.92 bits per heavy atom. The number of hydrogen-bond acceptors (Lipinski definition) is 3. The van der Waals surface area contributed by atoms with Crippen LogP contribution in [0.25, 0.3) is 0 Å². The lowest BCUT2D eigenvalue weighted by molar-refractivity contribution is 0.464. The van der Waals surface area contributed by atoms with E-state index in [1.807, 2.05) is 0 Å². The summed E-state index contributed by atoms with van der Waals surface area (Å²) < 4.78 is 24.6. The lowest BCUT2D eigenvalue weighted by atomic mass is 10.0. The Labute approximate surface area is 168 Å². The summed E-state index contributed by atoms with van der Waals surface area (Å²) in [5.74, 6) is 0.621. The van der Waals surface area contributed by atoms with Gasteiger partial charge in [-0.25, -0.2) is 12.7 Å². The monoisotopic (exact) mass is 480 g/mol. The first-order valence-corrected chi connectivity index (χ1v) is 10.3. The van der Waals surface area contributed by atoms with E-state index >= 15 is 0 Å². The van der Waals surface area contributed by atoms with Crippen LogP contribution in [0.5, 0.6) is 0 Å². The van der Waals surface area contributed by atoms with E-state index in [0.29, 0.717) is 25.6 Å². The van der Waals surface area contributed by atoms with Crippen molar-refractivity contribution in [3.8, 4) is 0 Å². The van der Waals surface area contributed by atoms with E-state index in [0.717, 1.165) is 24.9 Å². The molecule has 1 aliphatic rings. The highest BCUT2D eigenvalue weighted by atomic mass is 127. The topological polar surface area (TPSA) is 87.8 Å². The zero-order chi connectivity index (χ0) is 17.7. The average molecular weight is 480 g/mol. The number of guanidine groups is 1. The van der Waals surface area contributed by atoms with Gasteiger partial charge in [-0.05, 0) is 36.3 Å². The molecule has 1 saturated heterocycles. The Bertz CT molecular complexity index is 684. The quantitative estimate of drug-likeness (QED) is 0.372. The Hall–Kier alpha value is -0.870. The van der Waals surface area contributed by atoms with Crippen molar-refractivity contribution in [2.24, 2.45) is 16.6 Å². The Kier molecular flexibility index (Phi) is 8.62. The van der Waals surface area contributed by atoms with Crippen molar-refractivity contribution in [3.63, 3.8) is 0 Å². The van der Waals surface area contributed by atoms with Crippen molar-refractivity contribution in [1.82, 2.24) is 4.31 Å². The van der Waals surface area contributed by atoms with E-state index in [1.54, 1.807) is 0 Å². The van der Waals surface area contributed by atoms with Crippen LogP contribution < -0.4 is 11.1 Å². The fourth-order valence-electron chi connectivity index (χ4n) is 3.05. The minimum Gasteiger partial charge on any atom is -0.370 e. The molecule has 142 valence electrons. The first kappa shape index (κ1) is 22.2. The van der Waals surface area contributed by atoms with Crippen LogP contribution in [0.2, 0.25) is 0 Å². The second-order valence-corrected chi connectivity index (χ2v) is 8.27. The maximum atomic E-state index is 11.6. The number of sulfonamides is 1. The molecule has 8 heteroatoms. The van der Waals surface area contributed by atoms with Crippen LogP contribution in [0.3, 0.4) is 0 Å². The van der Waals surface area contributed by atoms with Gasteiger partial charge in [-0.2, -0.15) is 0 Å². The molecule has 1 aromatic carbocycles. The van der Waals surface area contributed by atoms with Gasteiger partial charge in [0.05, 0.1) is 6.26 Å². The molecule has 0 spiro atoms. The molecule has 1 unspecified atom stereocenters. The van der Waals surface area contributed by atoms with Gasteiger partial charge >= 0.3 is 0 Å². The maximum absolute atomic E-state index is 11.6. The van der Waals surface area contributed by atoms with Gasteiger partial charge in [0.15, 0.2) is 5.96 Å². The predicted molar refractivity (Wildman–Crippen MR) is 115 cm³/mol. The van der Waals surface area contributed by atoms with Crippen LogP contribution >= 0.6 is 24.0 Å². The molecule has 1 aromatic rings. The number of nitrogens with zero attached hydrogens (tertiary/aromatic N) is 2. The van der Waals surface area contributed by atoms with Crippen molar-refractivity contribution < 1.29 is 8.42 Å². The minimum atomic E-state index is -3.10. The van der Waals surface area contributed by atoms with E-state index in [1.165, 1.54) is 21.7 Å². The van der Waals surface area contributed by atoms with Crippen molar-refractivity contribution in [3.05, 3.63) is 29.3 Å². The van der Waals surface area contributed by atoms with Gasteiger partial charge < -0.3 is 11.1 Å². The van der Waals surface area contributed by atoms with Crippen LogP contribution in [0.4, 0.5) is 5.69 Å². The smallest absolute Gasteiger partial charge is 0.211 e. The zero-order valence-corrected chi connectivity index (χ0v) is 18.3. The molecular formula is C17H29IN4O2S. The Balaban J connectivity index is 0.00000312. The molecule has 3 N–H and O–H groups in total. The van der Waals surface area contributed by atoms with Crippen LogP contribution in [-0.4, -0.2) is 44.6 Å². The van der Waals surface area contributed by atoms with E-state index in [9.17, 15) is 8.42 Å². The van der Waals surface area contributed by atoms with Gasteiger partial charge in [-0.1, -0.05) is 32.0 Å². The summed E-state index contributed by atoms with van der Waals surface area (Å²) in [7, 11) is -3.10. The van der Waals surface area contributed by atoms with Gasteiger partial charge in [0.2, 0.25) is 10.0 Å². The number of nitrogens with one attached hydrogen (secondary N) is 1. The van der Waals surface area contributed by atoms with Crippen molar-refractivity contribution in [2.75, 3.05) is 31.2 Å². The number of aryl methyl sites for hydroxylation is 2. The second kappa shape index (κ2) is 9.72. The molecule has 0 radical (unpaired) electrons. The molecule has 6 nitrogen and oxygen atoms in total. The van der Waals surface area contributed by atoms with E-state index in [2.05, 4.69) is 42.4 Å². The van der Waals surface area contributed by atoms with E-state index in [-0.39, 0.29) is 29.9 Å². The number of halogens is 1. The Morgan fingerprint density at radius 1 is 1.32 bits per heavy atom. The van der Waals surface area contributed by atoms with Crippen LogP contribution in [-0.2, 0) is 22.9 Å². The van der Waals surface area contributed by atoms with Crippen LogP contribution in [0, 0.1) is 5.92 Å². The van der Waals surface area contributed by atoms with Crippen molar-refractivity contribution >= 4 is 45.6 Å². The number of nitrogens with two attached hydrogens (primary N) is 1. The van der Waals surface area contributed by atoms with Gasteiger partial charge in [0, 0.05) is 25.3 Å². The van der Waals surface area contributed by atoms with Gasteiger partial charge in [-0.3, -0.25) is 4.99 Å². The molecular weight excluding hydrogens is 451 g/mol. The van der Waals surface area contributed by atoms with Crippen LogP contribution in [0.1, 0.15) is 31.4 Å². The molecule has 0 amide bonds. The first-order valence-electron chi connectivity index (χ1n) is 8.48. The highest BCUT2D eigenvalue weighted by Gasteiger charge is 2.28. The molecule has 1 aliphatic heterocycles. The largest absolute Gasteiger partial charge is 0.370 e. The normalized spacial score (nSPS) is 18.8. The zero-order valence-electron chi connectivity index (χ0n) is 15.2. The molecule has 0 saturated carbocycles. The number of aliphatic imine (C=N–C) groups is 1. The van der Waals surface area contributed by atoms with E-state index < -0.39 is 10.0 Å². The third kappa shape index (κ3) is 6.10. The summed E-state index contributed by atoms with van der Waals surface area (Å²) >= 11 is 0. The average Bonchev–Trinajstić information content (AvgIpc) is 3.02. The minimum absolute atomic E-state index is 0. The molecule has 1 fully saturated rings. The number of hydrogen-bond donors (Lipinski definition) is 2. The highest BCUT2D eigenvalue weighted by molar-refractivity contribution is 14.0. The lowest BCUT2D eigenvalue weighted by Gasteiger charge is -2.15. The van der Waals surface area contributed by atoms with Gasteiger partial charge in [-0.15, -0.1) is 24.0 Å². The first-order chi connectivity index (χ1) is 11.3. The van der Waals surface area contributed by atoms with Crippen LogP contribution in [0.15, 0.2) is 23.2 Å². The van der Waals surface area contributed by atoms with Gasteiger partial charge in [0.25, 0.3) is 0 Å². The lowest BCUT2D eigenvalue weighted by Crippen LogP contribution is -2.28. The molecule has 1 atom stereocenters. The Morgan fingerprint density at radius 3 is 2.40 bits per heavy atom. The third-order valence-corrected chi connectivity index (χ3v) is 5.76. The molecule has 25 heavy (non-hydrogen) atoms. The second-order valence-electron chi connectivity index (χ2n) is 6.29. The number of rotatable bonds is 6. The highest BCUT2D eigenvalue weighted by Crippen LogP contribution is 2.23. The fourth-order valence-corrected chi connectivity index (χ4v) is 3.96. The third-order valence-electron chi connectivity index (χ3n) is 4.49. The van der Waals surface area contributed by atoms with Crippen molar-refractivity contribution in [2.45, 2.75) is 33.1 Å². The summed E-state index contributed by atoms with van der Waals surface area (Å²) in [6.45, 7) is 5.88. The number of benzene rings is 1.